The summed E-state index contributed by atoms with van der Waals surface area (Å²) in [5, 5.41) is 0. The summed E-state index contributed by atoms with van der Waals surface area (Å²) in [6, 6.07) is 0. The summed E-state index contributed by atoms with van der Waals surface area (Å²) >= 11 is 3.57. The third-order valence-electron chi connectivity index (χ3n) is 2.73. The van der Waals surface area contributed by atoms with Crippen molar-refractivity contribution in [3.8, 4) is 0 Å². The van der Waals surface area contributed by atoms with Gasteiger partial charge < -0.3 is 4.74 Å². The molecule has 2 aliphatic heterocycles. The fraction of sp³-hybridized carbons (Fsp3) is 0.800. The highest BCUT2D eigenvalue weighted by molar-refractivity contribution is 9.11. The number of ether oxygens (including phenoxy) is 1. The van der Waals surface area contributed by atoms with Gasteiger partial charge in [0.15, 0.2) is 0 Å². The first-order chi connectivity index (χ1) is 6.34. The standard InChI is InChI=1S/C10H16BrNO/c11-10-2-1-4-12(7-10)6-9-3-5-13-8-9/h2,9H,1,3-8H2. The fourth-order valence-corrected chi connectivity index (χ4v) is 2.59. The first-order valence-corrected chi connectivity index (χ1v) is 5.78. The number of halogens is 1. The smallest absolute Gasteiger partial charge is 0.0507 e. The van der Waals surface area contributed by atoms with Gasteiger partial charge >= 0.3 is 0 Å². The molecular formula is C10H16BrNO. The van der Waals surface area contributed by atoms with E-state index in [9.17, 15) is 0 Å². The van der Waals surface area contributed by atoms with Crippen molar-refractivity contribution in [2.24, 2.45) is 5.92 Å². The third-order valence-corrected chi connectivity index (χ3v) is 3.30. The highest BCUT2D eigenvalue weighted by Crippen LogP contribution is 2.19. The molecule has 1 atom stereocenters. The number of hydrogen-bond acceptors (Lipinski definition) is 2. The highest BCUT2D eigenvalue weighted by Gasteiger charge is 2.20. The lowest BCUT2D eigenvalue weighted by Gasteiger charge is -2.27. The van der Waals surface area contributed by atoms with E-state index in [1.165, 1.54) is 30.4 Å². The van der Waals surface area contributed by atoms with Crippen molar-refractivity contribution < 1.29 is 4.74 Å². The SMILES string of the molecule is BrC1=CCCN(CC2CCOC2)C1. The normalized spacial score (nSPS) is 30.5. The predicted molar refractivity (Wildman–Crippen MR) is 57.0 cm³/mol. The molecule has 0 bridgehead atoms. The second-order valence-corrected chi connectivity index (χ2v) is 4.92. The van der Waals surface area contributed by atoms with E-state index in [-0.39, 0.29) is 0 Å². The minimum atomic E-state index is 0.776. The lowest BCUT2D eigenvalue weighted by atomic mass is 10.1. The molecule has 0 aromatic heterocycles. The van der Waals surface area contributed by atoms with E-state index in [0.29, 0.717) is 0 Å². The Morgan fingerprint density at radius 2 is 2.54 bits per heavy atom. The summed E-state index contributed by atoms with van der Waals surface area (Å²) in [7, 11) is 0. The largest absolute Gasteiger partial charge is 0.381 e. The summed E-state index contributed by atoms with van der Waals surface area (Å²) in [6.07, 6.45) is 4.72. The van der Waals surface area contributed by atoms with Crippen LogP contribution in [0.25, 0.3) is 0 Å². The molecule has 2 rings (SSSR count). The van der Waals surface area contributed by atoms with E-state index in [2.05, 4.69) is 26.9 Å². The first kappa shape index (κ1) is 9.69. The van der Waals surface area contributed by atoms with E-state index >= 15 is 0 Å². The Kier molecular flexibility index (Phi) is 3.41. The first-order valence-electron chi connectivity index (χ1n) is 4.99. The van der Waals surface area contributed by atoms with Crippen molar-refractivity contribution in [2.45, 2.75) is 12.8 Å². The molecule has 0 saturated carbocycles. The zero-order valence-corrected chi connectivity index (χ0v) is 9.42. The van der Waals surface area contributed by atoms with Gasteiger partial charge in [-0.3, -0.25) is 4.90 Å². The monoisotopic (exact) mass is 245 g/mol. The molecule has 2 heterocycles. The van der Waals surface area contributed by atoms with Crippen LogP contribution in [0.3, 0.4) is 0 Å². The van der Waals surface area contributed by atoms with E-state index in [0.717, 1.165) is 25.7 Å². The third kappa shape index (κ3) is 2.79. The molecule has 0 spiro atoms. The number of nitrogens with zero attached hydrogens (tertiary/aromatic N) is 1. The van der Waals surface area contributed by atoms with Gasteiger partial charge in [-0.2, -0.15) is 0 Å². The van der Waals surface area contributed by atoms with Crippen LogP contribution in [0.2, 0.25) is 0 Å². The maximum absolute atomic E-state index is 5.37. The van der Waals surface area contributed by atoms with Crippen molar-refractivity contribution in [2.75, 3.05) is 32.8 Å². The number of hydrogen-bond donors (Lipinski definition) is 0. The van der Waals surface area contributed by atoms with Crippen LogP contribution in [-0.2, 0) is 4.74 Å². The summed E-state index contributed by atoms with van der Waals surface area (Å²) in [5.74, 6) is 0.776. The van der Waals surface area contributed by atoms with E-state index < -0.39 is 0 Å². The maximum atomic E-state index is 5.37. The summed E-state index contributed by atoms with van der Waals surface area (Å²) in [4.78, 5) is 2.52. The Hall–Kier alpha value is 0.140. The van der Waals surface area contributed by atoms with Crippen LogP contribution >= 0.6 is 15.9 Å². The van der Waals surface area contributed by atoms with Gasteiger partial charge in [0.2, 0.25) is 0 Å². The molecule has 0 amide bonds. The molecule has 0 aromatic carbocycles. The van der Waals surface area contributed by atoms with Crippen LogP contribution in [-0.4, -0.2) is 37.7 Å². The van der Waals surface area contributed by atoms with Crippen molar-refractivity contribution in [1.82, 2.24) is 4.90 Å². The van der Waals surface area contributed by atoms with Crippen LogP contribution in [0, 0.1) is 5.92 Å². The quantitative estimate of drug-likeness (QED) is 0.739. The average Bonchev–Trinajstić information content (AvgIpc) is 2.57. The molecule has 74 valence electrons. The molecule has 1 saturated heterocycles. The molecule has 3 heteroatoms. The van der Waals surface area contributed by atoms with E-state index in [1.54, 1.807) is 0 Å². The fourth-order valence-electron chi connectivity index (χ4n) is 2.01. The second-order valence-electron chi connectivity index (χ2n) is 3.90. The molecule has 1 unspecified atom stereocenters. The Morgan fingerprint density at radius 1 is 1.62 bits per heavy atom. The van der Waals surface area contributed by atoms with Crippen molar-refractivity contribution in [1.29, 1.82) is 0 Å². The Bertz CT molecular complexity index is 199. The van der Waals surface area contributed by atoms with Crippen LogP contribution in [0.5, 0.6) is 0 Å². The Morgan fingerprint density at radius 3 is 3.23 bits per heavy atom. The van der Waals surface area contributed by atoms with Gasteiger partial charge in [-0.15, -0.1) is 0 Å². The predicted octanol–water partition coefficient (Wildman–Crippen LogP) is 2.01. The van der Waals surface area contributed by atoms with Crippen molar-refractivity contribution >= 4 is 15.9 Å². The van der Waals surface area contributed by atoms with Gasteiger partial charge in [0.05, 0.1) is 6.61 Å². The molecule has 1 fully saturated rings. The lowest BCUT2D eigenvalue weighted by molar-refractivity contribution is 0.170. The molecule has 2 nitrogen and oxygen atoms in total. The van der Waals surface area contributed by atoms with Gasteiger partial charge in [-0.1, -0.05) is 22.0 Å². The highest BCUT2D eigenvalue weighted by atomic mass is 79.9. The molecule has 0 aliphatic carbocycles. The maximum Gasteiger partial charge on any atom is 0.0507 e. The Labute approximate surface area is 88.1 Å². The summed E-state index contributed by atoms with van der Waals surface area (Å²) < 4.78 is 6.72. The molecule has 0 N–H and O–H groups in total. The topological polar surface area (TPSA) is 12.5 Å². The van der Waals surface area contributed by atoms with Crippen molar-refractivity contribution in [3.05, 3.63) is 10.6 Å². The van der Waals surface area contributed by atoms with Crippen molar-refractivity contribution in [3.63, 3.8) is 0 Å². The summed E-state index contributed by atoms with van der Waals surface area (Å²) in [5.41, 5.74) is 0. The van der Waals surface area contributed by atoms with Crippen LogP contribution in [0.1, 0.15) is 12.8 Å². The van der Waals surface area contributed by atoms with Crippen LogP contribution in [0.15, 0.2) is 10.6 Å². The molecule has 0 radical (unpaired) electrons. The Balaban J connectivity index is 1.78. The zero-order chi connectivity index (χ0) is 9.10. The van der Waals surface area contributed by atoms with Crippen LogP contribution in [0.4, 0.5) is 0 Å². The zero-order valence-electron chi connectivity index (χ0n) is 7.84. The molecule has 0 aromatic rings. The number of rotatable bonds is 2. The van der Waals surface area contributed by atoms with E-state index in [4.69, 9.17) is 4.74 Å². The van der Waals surface area contributed by atoms with Gasteiger partial charge in [0.1, 0.15) is 0 Å². The molecule has 13 heavy (non-hydrogen) atoms. The minimum Gasteiger partial charge on any atom is -0.381 e. The second kappa shape index (κ2) is 4.58. The van der Waals surface area contributed by atoms with Gasteiger partial charge in [-0.25, -0.2) is 0 Å². The van der Waals surface area contributed by atoms with Gasteiger partial charge in [0, 0.05) is 30.7 Å². The van der Waals surface area contributed by atoms with Crippen LogP contribution < -0.4 is 0 Å². The van der Waals surface area contributed by atoms with E-state index in [1.807, 2.05) is 0 Å². The average molecular weight is 246 g/mol. The molecular weight excluding hydrogens is 230 g/mol. The van der Waals surface area contributed by atoms with Gasteiger partial charge in [0.25, 0.3) is 0 Å². The summed E-state index contributed by atoms with van der Waals surface area (Å²) in [6.45, 7) is 5.46. The minimum absolute atomic E-state index is 0.776. The lowest BCUT2D eigenvalue weighted by Crippen LogP contribution is -2.33. The van der Waals surface area contributed by atoms with Gasteiger partial charge in [-0.05, 0) is 18.8 Å². The molecule has 2 aliphatic rings.